The molecule has 1 atom stereocenters. The number of halogens is 1. The van der Waals surface area contributed by atoms with E-state index >= 15 is 0 Å². The number of nitrogens with one attached hydrogen (secondary N) is 1. The van der Waals surface area contributed by atoms with Crippen molar-refractivity contribution in [3.63, 3.8) is 0 Å². The van der Waals surface area contributed by atoms with Gasteiger partial charge in [-0.2, -0.15) is 0 Å². The molecule has 1 aromatic carbocycles. The normalized spacial score (nSPS) is 12.2. The molecule has 0 spiro atoms. The third kappa shape index (κ3) is 4.41. The molecule has 3 heteroatoms. The average Bonchev–Trinajstić information content (AvgIpc) is 2.27. The van der Waals surface area contributed by atoms with Gasteiger partial charge in [-0.3, -0.25) is 0 Å². The van der Waals surface area contributed by atoms with Crippen molar-refractivity contribution in [3.8, 4) is 5.75 Å². The third-order valence-corrected chi connectivity index (χ3v) is 2.74. The molecule has 0 fully saturated rings. The fraction of sp³-hybridized carbons (Fsp3) is 0.429. The molecule has 1 rings (SSSR count). The summed E-state index contributed by atoms with van der Waals surface area (Å²) in [5.74, 6) is 0.710. The van der Waals surface area contributed by atoms with Crippen LogP contribution in [0, 0.1) is 0 Å². The van der Waals surface area contributed by atoms with Gasteiger partial charge in [-0.15, -0.1) is 0 Å². The zero-order valence-electron chi connectivity index (χ0n) is 10.7. The molecule has 1 N–H and O–H groups in total. The van der Waals surface area contributed by atoms with Crippen LogP contribution in [-0.4, -0.2) is 13.2 Å². The van der Waals surface area contributed by atoms with Crippen LogP contribution >= 0.6 is 11.6 Å². The van der Waals surface area contributed by atoms with E-state index in [0.717, 1.165) is 12.1 Å². The number of benzene rings is 1. The Bertz CT molecular complexity index is 390. The van der Waals surface area contributed by atoms with E-state index in [0.29, 0.717) is 23.4 Å². The lowest BCUT2D eigenvalue weighted by molar-refractivity contribution is 0.352. The van der Waals surface area contributed by atoms with Crippen molar-refractivity contribution in [3.05, 3.63) is 40.9 Å². The van der Waals surface area contributed by atoms with E-state index in [1.807, 2.05) is 25.1 Å². The fourth-order valence-corrected chi connectivity index (χ4v) is 1.77. The molecule has 0 radical (unpaired) electrons. The maximum Gasteiger partial charge on any atom is 0.138 e. The summed E-state index contributed by atoms with van der Waals surface area (Å²) in [5, 5.41) is 3.99. The minimum Gasteiger partial charge on any atom is -0.488 e. The highest BCUT2D eigenvalue weighted by atomic mass is 35.5. The smallest absolute Gasteiger partial charge is 0.138 e. The Morgan fingerprint density at radius 1 is 1.53 bits per heavy atom. The van der Waals surface area contributed by atoms with Gasteiger partial charge in [0.1, 0.15) is 12.4 Å². The van der Waals surface area contributed by atoms with E-state index in [4.69, 9.17) is 16.3 Å². The Morgan fingerprint density at radius 3 is 2.76 bits per heavy atom. The van der Waals surface area contributed by atoms with Gasteiger partial charge in [-0.25, -0.2) is 0 Å². The summed E-state index contributed by atoms with van der Waals surface area (Å²) in [5.41, 5.74) is 2.14. The first-order chi connectivity index (χ1) is 8.04. The summed E-state index contributed by atoms with van der Waals surface area (Å²) >= 11 is 6.17. The van der Waals surface area contributed by atoms with Gasteiger partial charge in [-0.1, -0.05) is 31.2 Å². The van der Waals surface area contributed by atoms with Gasteiger partial charge in [0, 0.05) is 6.04 Å². The van der Waals surface area contributed by atoms with Crippen molar-refractivity contribution >= 4 is 11.6 Å². The molecule has 0 aromatic heterocycles. The lowest BCUT2D eigenvalue weighted by Gasteiger charge is -2.14. The molecule has 0 aliphatic heterocycles. The van der Waals surface area contributed by atoms with Crippen LogP contribution in [0.3, 0.4) is 0 Å². The highest BCUT2D eigenvalue weighted by Gasteiger charge is 2.07. The Labute approximate surface area is 109 Å². The molecule has 0 heterocycles. The SMILES string of the molecule is C=C(C)COc1ccc(C(C)NCC)cc1Cl. The molecule has 0 aliphatic rings. The van der Waals surface area contributed by atoms with E-state index < -0.39 is 0 Å². The first-order valence-electron chi connectivity index (χ1n) is 5.84. The summed E-state index contributed by atoms with van der Waals surface area (Å²) < 4.78 is 5.54. The highest BCUT2D eigenvalue weighted by Crippen LogP contribution is 2.28. The third-order valence-electron chi connectivity index (χ3n) is 2.44. The van der Waals surface area contributed by atoms with E-state index in [1.165, 1.54) is 5.56 Å². The quantitative estimate of drug-likeness (QED) is 0.775. The van der Waals surface area contributed by atoms with Crippen molar-refractivity contribution in [2.24, 2.45) is 0 Å². The van der Waals surface area contributed by atoms with E-state index in [-0.39, 0.29) is 0 Å². The molecule has 17 heavy (non-hydrogen) atoms. The van der Waals surface area contributed by atoms with Crippen molar-refractivity contribution in [2.75, 3.05) is 13.2 Å². The minimum atomic E-state index is 0.299. The standard InChI is InChI=1S/C14H20ClNO/c1-5-16-11(4)12-6-7-14(13(15)8-12)17-9-10(2)3/h6-8,11,16H,2,5,9H2,1,3-4H3. The lowest BCUT2D eigenvalue weighted by atomic mass is 10.1. The summed E-state index contributed by atoms with van der Waals surface area (Å²) in [6, 6.07) is 6.19. The average molecular weight is 254 g/mol. The van der Waals surface area contributed by atoms with Crippen LogP contribution < -0.4 is 10.1 Å². The monoisotopic (exact) mass is 253 g/mol. The fourth-order valence-electron chi connectivity index (χ4n) is 1.53. The van der Waals surface area contributed by atoms with Crippen LogP contribution in [0.1, 0.15) is 32.4 Å². The molecule has 2 nitrogen and oxygen atoms in total. The summed E-state index contributed by atoms with van der Waals surface area (Å²) in [7, 11) is 0. The second-order valence-corrected chi connectivity index (χ2v) is 4.62. The lowest BCUT2D eigenvalue weighted by Crippen LogP contribution is -2.17. The number of hydrogen-bond donors (Lipinski definition) is 1. The predicted octanol–water partition coefficient (Wildman–Crippen LogP) is 3.97. The molecule has 94 valence electrons. The van der Waals surface area contributed by atoms with Crippen molar-refractivity contribution in [1.29, 1.82) is 0 Å². The van der Waals surface area contributed by atoms with Crippen LogP contribution in [0.25, 0.3) is 0 Å². The summed E-state index contributed by atoms with van der Waals surface area (Å²) in [4.78, 5) is 0. The Kier molecular flexibility index (Phi) is 5.52. The largest absolute Gasteiger partial charge is 0.488 e. The molecular formula is C14H20ClNO. The second kappa shape index (κ2) is 6.67. The van der Waals surface area contributed by atoms with Crippen LogP contribution in [0.15, 0.2) is 30.4 Å². The second-order valence-electron chi connectivity index (χ2n) is 4.22. The molecule has 0 saturated carbocycles. The first kappa shape index (κ1) is 14.1. The van der Waals surface area contributed by atoms with E-state index in [9.17, 15) is 0 Å². The molecule has 1 unspecified atom stereocenters. The van der Waals surface area contributed by atoms with Crippen molar-refractivity contribution in [1.82, 2.24) is 5.32 Å². The molecule has 0 saturated heterocycles. The van der Waals surface area contributed by atoms with Crippen LogP contribution in [0.4, 0.5) is 0 Å². The van der Waals surface area contributed by atoms with Gasteiger partial charge in [0.05, 0.1) is 5.02 Å². The zero-order valence-corrected chi connectivity index (χ0v) is 11.5. The maximum absolute atomic E-state index is 6.17. The Balaban J connectivity index is 2.75. The minimum absolute atomic E-state index is 0.299. The first-order valence-corrected chi connectivity index (χ1v) is 6.22. The number of hydrogen-bond acceptors (Lipinski definition) is 2. The number of rotatable bonds is 6. The van der Waals surface area contributed by atoms with Gasteiger partial charge in [0.2, 0.25) is 0 Å². The van der Waals surface area contributed by atoms with Gasteiger partial charge in [0.15, 0.2) is 0 Å². The van der Waals surface area contributed by atoms with Crippen molar-refractivity contribution in [2.45, 2.75) is 26.8 Å². The molecule has 0 amide bonds. The highest BCUT2D eigenvalue weighted by molar-refractivity contribution is 6.32. The topological polar surface area (TPSA) is 21.3 Å². The van der Waals surface area contributed by atoms with Crippen LogP contribution in [0.2, 0.25) is 5.02 Å². The van der Waals surface area contributed by atoms with E-state index in [2.05, 4.69) is 25.7 Å². The number of ether oxygens (including phenoxy) is 1. The van der Waals surface area contributed by atoms with E-state index in [1.54, 1.807) is 0 Å². The molecule has 0 bridgehead atoms. The Morgan fingerprint density at radius 2 is 2.24 bits per heavy atom. The zero-order chi connectivity index (χ0) is 12.8. The van der Waals surface area contributed by atoms with Gasteiger partial charge < -0.3 is 10.1 Å². The predicted molar refractivity (Wildman–Crippen MR) is 73.9 cm³/mol. The van der Waals surface area contributed by atoms with Gasteiger partial charge >= 0.3 is 0 Å². The Hall–Kier alpha value is -0.990. The molecular weight excluding hydrogens is 234 g/mol. The van der Waals surface area contributed by atoms with Gasteiger partial charge in [-0.05, 0) is 43.7 Å². The molecule has 0 aliphatic carbocycles. The summed E-state index contributed by atoms with van der Waals surface area (Å²) in [6.45, 7) is 11.4. The maximum atomic E-state index is 6.17. The molecule has 1 aromatic rings. The summed E-state index contributed by atoms with van der Waals surface area (Å²) in [6.07, 6.45) is 0. The van der Waals surface area contributed by atoms with Gasteiger partial charge in [0.25, 0.3) is 0 Å². The van der Waals surface area contributed by atoms with Crippen LogP contribution in [0.5, 0.6) is 5.75 Å². The van der Waals surface area contributed by atoms with Crippen molar-refractivity contribution < 1.29 is 4.74 Å². The van der Waals surface area contributed by atoms with Crippen LogP contribution in [-0.2, 0) is 0 Å².